The standard InChI is InChI=1S/C10H17NO/c1-6(2)7(3)10-8(4)11-12-9(10)5/h6-7H,1-5H3. The zero-order chi connectivity index (χ0) is 9.30. The highest BCUT2D eigenvalue weighted by molar-refractivity contribution is 5.25. The molecule has 1 aromatic heterocycles. The van der Waals surface area contributed by atoms with Gasteiger partial charge in [0.25, 0.3) is 0 Å². The predicted octanol–water partition coefficient (Wildman–Crippen LogP) is 3.05. The Morgan fingerprint density at radius 3 is 2.08 bits per heavy atom. The van der Waals surface area contributed by atoms with Crippen LogP contribution in [0.1, 0.15) is 43.7 Å². The third-order valence-corrected chi connectivity index (χ3v) is 2.54. The quantitative estimate of drug-likeness (QED) is 0.676. The molecule has 0 N–H and O–H groups in total. The number of aromatic nitrogens is 1. The second kappa shape index (κ2) is 3.30. The van der Waals surface area contributed by atoms with E-state index in [1.807, 2.05) is 13.8 Å². The van der Waals surface area contributed by atoms with Crippen molar-refractivity contribution in [3.63, 3.8) is 0 Å². The van der Waals surface area contributed by atoms with Crippen molar-refractivity contribution in [2.45, 2.75) is 40.5 Å². The molecule has 0 bridgehead atoms. The van der Waals surface area contributed by atoms with Gasteiger partial charge in [0.2, 0.25) is 0 Å². The molecular weight excluding hydrogens is 150 g/mol. The molecule has 1 aromatic rings. The van der Waals surface area contributed by atoms with E-state index in [1.165, 1.54) is 5.56 Å². The van der Waals surface area contributed by atoms with E-state index in [2.05, 4.69) is 25.9 Å². The lowest BCUT2D eigenvalue weighted by molar-refractivity contribution is 0.390. The zero-order valence-corrected chi connectivity index (χ0v) is 8.51. The van der Waals surface area contributed by atoms with Crippen molar-refractivity contribution in [1.29, 1.82) is 0 Å². The summed E-state index contributed by atoms with van der Waals surface area (Å²) in [5.41, 5.74) is 2.32. The van der Waals surface area contributed by atoms with Crippen LogP contribution in [0.3, 0.4) is 0 Å². The van der Waals surface area contributed by atoms with E-state index in [4.69, 9.17) is 4.52 Å². The molecule has 12 heavy (non-hydrogen) atoms. The largest absolute Gasteiger partial charge is 0.361 e. The topological polar surface area (TPSA) is 26.0 Å². The van der Waals surface area contributed by atoms with Crippen molar-refractivity contribution in [2.75, 3.05) is 0 Å². The fourth-order valence-electron chi connectivity index (χ4n) is 1.47. The Labute approximate surface area is 74.0 Å². The molecule has 2 nitrogen and oxygen atoms in total. The number of aryl methyl sites for hydroxylation is 2. The number of nitrogens with zero attached hydrogens (tertiary/aromatic N) is 1. The van der Waals surface area contributed by atoms with Crippen molar-refractivity contribution >= 4 is 0 Å². The molecule has 1 rings (SSSR count). The summed E-state index contributed by atoms with van der Waals surface area (Å²) >= 11 is 0. The molecule has 0 radical (unpaired) electrons. The first-order valence-corrected chi connectivity index (χ1v) is 4.46. The second-order valence-electron chi connectivity index (χ2n) is 3.77. The van der Waals surface area contributed by atoms with E-state index >= 15 is 0 Å². The van der Waals surface area contributed by atoms with Gasteiger partial charge in [-0.2, -0.15) is 0 Å². The number of hydrogen-bond acceptors (Lipinski definition) is 2. The van der Waals surface area contributed by atoms with E-state index in [-0.39, 0.29) is 0 Å². The summed E-state index contributed by atoms with van der Waals surface area (Å²) in [5, 5.41) is 3.94. The van der Waals surface area contributed by atoms with Gasteiger partial charge >= 0.3 is 0 Å². The lowest BCUT2D eigenvalue weighted by atomic mass is 9.89. The van der Waals surface area contributed by atoms with Crippen LogP contribution in [-0.4, -0.2) is 5.16 Å². The first-order chi connectivity index (χ1) is 5.54. The van der Waals surface area contributed by atoms with Crippen LogP contribution in [0.2, 0.25) is 0 Å². The van der Waals surface area contributed by atoms with Crippen LogP contribution in [0.15, 0.2) is 4.52 Å². The molecule has 1 unspecified atom stereocenters. The zero-order valence-electron chi connectivity index (χ0n) is 8.51. The molecule has 0 spiro atoms. The molecule has 2 heteroatoms. The van der Waals surface area contributed by atoms with E-state index in [1.54, 1.807) is 0 Å². The fraction of sp³-hybridized carbons (Fsp3) is 0.700. The maximum Gasteiger partial charge on any atom is 0.137 e. The second-order valence-corrected chi connectivity index (χ2v) is 3.77. The van der Waals surface area contributed by atoms with Gasteiger partial charge in [-0.3, -0.25) is 0 Å². The molecule has 0 aliphatic heterocycles. The van der Waals surface area contributed by atoms with E-state index in [0.717, 1.165) is 11.5 Å². The summed E-state index contributed by atoms with van der Waals surface area (Å²) in [4.78, 5) is 0. The highest BCUT2D eigenvalue weighted by Gasteiger charge is 2.18. The highest BCUT2D eigenvalue weighted by atomic mass is 16.5. The molecule has 1 heterocycles. The Bertz CT molecular complexity index is 243. The molecule has 0 saturated carbocycles. The van der Waals surface area contributed by atoms with E-state index < -0.39 is 0 Å². The van der Waals surface area contributed by atoms with Crippen molar-refractivity contribution in [3.05, 3.63) is 17.0 Å². The normalized spacial score (nSPS) is 13.8. The number of rotatable bonds is 2. The third-order valence-electron chi connectivity index (χ3n) is 2.54. The van der Waals surface area contributed by atoms with E-state index in [9.17, 15) is 0 Å². The molecule has 0 amide bonds. The Morgan fingerprint density at radius 1 is 1.17 bits per heavy atom. The smallest absolute Gasteiger partial charge is 0.137 e. The number of hydrogen-bond donors (Lipinski definition) is 0. The molecule has 1 atom stereocenters. The van der Waals surface area contributed by atoms with Gasteiger partial charge in [0, 0.05) is 5.56 Å². The van der Waals surface area contributed by atoms with Gasteiger partial charge in [0.05, 0.1) is 5.69 Å². The van der Waals surface area contributed by atoms with Crippen LogP contribution in [-0.2, 0) is 0 Å². The third kappa shape index (κ3) is 1.52. The lowest BCUT2D eigenvalue weighted by Gasteiger charge is -2.14. The van der Waals surface area contributed by atoms with Crippen LogP contribution >= 0.6 is 0 Å². The minimum absolute atomic E-state index is 0.538. The van der Waals surface area contributed by atoms with Crippen LogP contribution in [0.5, 0.6) is 0 Å². The summed E-state index contributed by atoms with van der Waals surface area (Å²) in [6.45, 7) is 10.6. The molecule has 0 aliphatic rings. The van der Waals surface area contributed by atoms with Crippen molar-refractivity contribution < 1.29 is 4.52 Å². The summed E-state index contributed by atoms with van der Waals surface area (Å²) in [6.07, 6.45) is 0. The van der Waals surface area contributed by atoms with Crippen molar-refractivity contribution in [2.24, 2.45) is 5.92 Å². The van der Waals surface area contributed by atoms with Crippen LogP contribution in [0, 0.1) is 19.8 Å². The maximum atomic E-state index is 5.12. The van der Waals surface area contributed by atoms with Crippen molar-refractivity contribution in [3.8, 4) is 0 Å². The Balaban J connectivity index is 3.00. The Kier molecular flexibility index (Phi) is 2.55. The molecular formula is C10H17NO. The first-order valence-electron chi connectivity index (χ1n) is 4.46. The van der Waals surface area contributed by atoms with Gasteiger partial charge in [-0.25, -0.2) is 0 Å². The molecule has 68 valence electrons. The van der Waals surface area contributed by atoms with Gasteiger partial charge < -0.3 is 4.52 Å². The fourth-order valence-corrected chi connectivity index (χ4v) is 1.47. The van der Waals surface area contributed by atoms with Crippen LogP contribution in [0.25, 0.3) is 0 Å². The lowest BCUT2D eigenvalue weighted by Crippen LogP contribution is -2.03. The minimum Gasteiger partial charge on any atom is -0.361 e. The molecule has 0 aromatic carbocycles. The van der Waals surface area contributed by atoms with E-state index in [0.29, 0.717) is 11.8 Å². The van der Waals surface area contributed by atoms with Gasteiger partial charge in [-0.05, 0) is 25.7 Å². The van der Waals surface area contributed by atoms with Gasteiger partial charge in [-0.15, -0.1) is 0 Å². The Hall–Kier alpha value is -0.790. The van der Waals surface area contributed by atoms with Crippen LogP contribution in [0.4, 0.5) is 0 Å². The molecule has 0 aliphatic carbocycles. The minimum atomic E-state index is 0.538. The summed E-state index contributed by atoms with van der Waals surface area (Å²) in [5.74, 6) is 2.15. The highest BCUT2D eigenvalue weighted by Crippen LogP contribution is 2.28. The summed E-state index contributed by atoms with van der Waals surface area (Å²) < 4.78 is 5.12. The molecule has 0 saturated heterocycles. The monoisotopic (exact) mass is 167 g/mol. The van der Waals surface area contributed by atoms with Crippen molar-refractivity contribution in [1.82, 2.24) is 5.16 Å². The Morgan fingerprint density at radius 2 is 1.75 bits per heavy atom. The average Bonchev–Trinajstić information content (AvgIpc) is 2.30. The van der Waals surface area contributed by atoms with Gasteiger partial charge in [0.15, 0.2) is 0 Å². The van der Waals surface area contributed by atoms with Gasteiger partial charge in [-0.1, -0.05) is 25.9 Å². The maximum absolute atomic E-state index is 5.12. The predicted molar refractivity (Wildman–Crippen MR) is 49.2 cm³/mol. The average molecular weight is 167 g/mol. The molecule has 0 fully saturated rings. The first kappa shape index (κ1) is 9.30. The summed E-state index contributed by atoms with van der Waals surface area (Å²) in [7, 11) is 0. The SMILES string of the molecule is Cc1noc(C)c1C(C)C(C)C. The summed E-state index contributed by atoms with van der Waals surface area (Å²) in [6, 6.07) is 0. The van der Waals surface area contributed by atoms with Gasteiger partial charge in [0.1, 0.15) is 5.76 Å². The van der Waals surface area contributed by atoms with Crippen LogP contribution < -0.4 is 0 Å².